The summed E-state index contributed by atoms with van der Waals surface area (Å²) in [7, 11) is 0. The lowest BCUT2D eigenvalue weighted by atomic mass is 10.3. The van der Waals surface area contributed by atoms with Gasteiger partial charge in [0.25, 0.3) is 0 Å². The number of hydrogen-bond acceptors (Lipinski definition) is 5. The first-order valence-corrected chi connectivity index (χ1v) is 7.73. The molecule has 1 N–H and O–H groups in total. The van der Waals surface area contributed by atoms with Crippen LogP contribution in [0.25, 0.3) is 10.2 Å². The van der Waals surface area contributed by atoms with Crippen LogP contribution >= 0.6 is 23.1 Å². The van der Waals surface area contributed by atoms with Gasteiger partial charge in [-0.2, -0.15) is 0 Å². The van der Waals surface area contributed by atoms with E-state index in [2.05, 4.69) is 28.3 Å². The maximum atomic E-state index is 4.60. The number of aromatic nitrogens is 2. The zero-order valence-corrected chi connectivity index (χ0v) is 12.1. The fraction of sp³-hybridized carbons (Fsp3) is 0.143. The summed E-state index contributed by atoms with van der Waals surface area (Å²) < 4.78 is 2.25. The second-order valence-corrected chi connectivity index (χ2v) is 6.24. The predicted molar refractivity (Wildman–Crippen MR) is 82.1 cm³/mol. The van der Waals surface area contributed by atoms with Gasteiger partial charge in [-0.15, -0.1) is 11.3 Å². The molecule has 0 saturated carbocycles. The molecule has 0 unspecified atom stereocenters. The lowest BCUT2D eigenvalue weighted by molar-refractivity contribution is 1.08. The summed E-state index contributed by atoms with van der Waals surface area (Å²) in [6.45, 7) is 2.94. The lowest BCUT2D eigenvalue weighted by Gasteiger charge is -2.03. The number of hydrogen-bond donors (Lipinski definition) is 1. The van der Waals surface area contributed by atoms with Crippen LogP contribution in [0, 0.1) is 0 Å². The summed E-state index contributed by atoms with van der Waals surface area (Å²) in [5.41, 5.74) is 1.05. The number of rotatable bonds is 4. The van der Waals surface area contributed by atoms with Crippen LogP contribution in [0.5, 0.6) is 0 Å². The first-order valence-electron chi connectivity index (χ1n) is 6.09. The summed E-state index contributed by atoms with van der Waals surface area (Å²) in [5, 5.41) is 4.19. The zero-order chi connectivity index (χ0) is 13.1. The molecule has 0 aliphatic rings. The van der Waals surface area contributed by atoms with E-state index in [4.69, 9.17) is 0 Å². The Labute approximate surface area is 120 Å². The average molecular weight is 287 g/mol. The monoisotopic (exact) mass is 287 g/mol. The van der Waals surface area contributed by atoms with Gasteiger partial charge in [0.1, 0.15) is 10.8 Å². The summed E-state index contributed by atoms with van der Waals surface area (Å²) in [4.78, 5) is 9.15. The number of anilines is 1. The van der Waals surface area contributed by atoms with Crippen LogP contribution in [-0.4, -0.2) is 16.5 Å². The van der Waals surface area contributed by atoms with Crippen LogP contribution in [-0.2, 0) is 0 Å². The normalized spacial score (nSPS) is 10.8. The van der Waals surface area contributed by atoms with E-state index < -0.39 is 0 Å². The van der Waals surface area contributed by atoms with Gasteiger partial charge in [-0.1, -0.05) is 18.2 Å². The topological polar surface area (TPSA) is 37.8 Å². The number of thiazole rings is 1. The predicted octanol–water partition coefficient (Wildman–Crippen LogP) is 4.27. The highest BCUT2D eigenvalue weighted by molar-refractivity contribution is 8.01. The number of benzene rings is 1. The Bertz CT molecular complexity index is 661. The van der Waals surface area contributed by atoms with Gasteiger partial charge in [-0.05, 0) is 43.0 Å². The molecule has 19 heavy (non-hydrogen) atoms. The van der Waals surface area contributed by atoms with E-state index >= 15 is 0 Å². The number of para-hydroxylation sites is 1. The van der Waals surface area contributed by atoms with Crippen LogP contribution in [0.3, 0.4) is 0 Å². The summed E-state index contributed by atoms with van der Waals surface area (Å²) in [6.07, 6.45) is 0. The SMILES string of the molecule is CCNc1cccc(Sc2nc3ccccc3s2)n1. The van der Waals surface area contributed by atoms with E-state index in [1.807, 2.05) is 36.4 Å². The fourth-order valence-electron chi connectivity index (χ4n) is 1.74. The first-order chi connectivity index (χ1) is 9.35. The van der Waals surface area contributed by atoms with E-state index in [1.54, 1.807) is 23.1 Å². The van der Waals surface area contributed by atoms with Crippen molar-refractivity contribution in [3.05, 3.63) is 42.5 Å². The summed E-state index contributed by atoms with van der Waals surface area (Å²) in [6, 6.07) is 14.2. The minimum Gasteiger partial charge on any atom is -0.370 e. The van der Waals surface area contributed by atoms with Gasteiger partial charge in [-0.3, -0.25) is 0 Å². The van der Waals surface area contributed by atoms with Gasteiger partial charge >= 0.3 is 0 Å². The Kier molecular flexibility index (Phi) is 3.66. The first kappa shape index (κ1) is 12.4. The standard InChI is InChI=1S/C14H13N3S2/c1-2-15-12-8-5-9-13(17-12)19-14-16-10-6-3-4-7-11(10)18-14/h3-9H,2H2,1H3,(H,15,17). The van der Waals surface area contributed by atoms with Crippen molar-refractivity contribution in [3.63, 3.8) is 0 Å². The molecule has 5 heteroatoms. The van der Waals surface area contributed by atoms with E-state index in [9.17, 15) is 0 Å². The largest absolute Gasteiger partial charge is 0.370 e. The third kappa shape index (κ3) is 2.88. The Hall–Kier alpha value is -1.59. The van der Waals surface area contributed by atoms with Crippen LogP contribution in [0.15, 0.2) is 51.8 Å². The molecule has 0 radical (unpaired) electrons. The summed E-state index contributed by atoms with van der Waals surface area (Å²) >= 11 is 3.31. The molecule has 0 atom stereocenters. The molecule has 0 saturated heterocycles. The maximum absolute atomic E-state index is 4.60. The molecule has 3 rings (SSSR count). The molecular formula is C14H13N3S2. The molecule has 2 aromatic heterocycles. The second kappa shape index (κ2) is 5.59. The molecule has 1 aromatic carbocycles. The van der Waals surface area contributed by atoms with Crippen molar-refractivity contribution in [1.29, 1.82) is 0 Å². The average Bonchev–Trinajstić information content (AvgIpc) is 2.81. The highest BCUT2D eigenvalue weighted by Gasteiger charge is 2.06. The van der Waals surface area contributed by atoms with Crippen LogP contribution < -0.4 is 5.32 Å². The van der Waals surface area contributed by atoms with E-state index in [0.717, 1.165) is 27.2 Å². The highest BCUT2D eigenvalue weighted by atomic mass is 32.2. The fourth-order valence-corrected chi connectivity index (χ4v) is 3.74. The molecule has 0 amide bonds. The Morgan fingerprint density at radius 2 is 2.00 bits per heavy atom. The third-order valence-electron chi connectivity index (χ3n) is 2.55. The van der Waals surface area contributed by atoms with Gasteiger partial charge in [-0.25, -0.2) is 9.97 Å². The third-order valence-corrected chi connectivity index (χ3v) is 4.58. The molecule has 0 spiro atoms. The van der Waals surface area contributed by atoms with E-state index in [1.165, 1.54) is 4.70 Å². The minimum atomic E-state index is 0.877. The second-order valence-electron chi connectivity index (χ2n) is 3.94. The molecule has 2 heterocycles. The van der Waals surface area contributed by atoms with Gasteiger partial charge in [0.15, 0.2) is 4.34 Å². The van der Waals surface area contributed by atoms with Crippen molar-refractivity contribution in [2.75, 3.05) is 11.9 Å². The number of nitrogens with one attached hydrogen (secondary N) is 1. The van der Waals surface area contributed by atoms with Crippen molar-refractivity contribution >= 4 is 39.1 Å². The van der Waals surface area contributed by atoms with Crippen LogP contribution in [0.4, 0.5) is 5.82 Å². The molecule has 0 aliphatic heterocycles. The Morgan fingerprint density at radius 3 is 2.84 bits per heavy atom. The molecule has 0 bridgehead atoms. The van der Waals surface area contributed by atoms with Crippen LogP contribution in [0.2, 0.25) is 0 Å². The van der Waals surface area contributed by atoms with Crippen molar-refractivity contribution in [3.8, 4) is 0 Å². The lowest BCUT2D eigenvalue weighted by Crippen LogP contribution is -1.98. The molecule has 3 nitrogen and oxygen atoms in total. The molecular weight excluding hydrogens is 274 g/mol. The van der Waals surface area contributed by atoms with Crippen molar-refractivity contribution < 1.29 is 0 Å². The number of fused-ring (bicyclic) bond motifs is 1. The van der Waals surface area contributed by atoms with Gasteiger partial charge in [0.05, 0.1) is 10.2 Å². The number of nitrogens with zero attached hydrogens (tertiary/aromatic N) is 2. The minimum absolute atomic E-state index is 0.877. The van der Waals surface area contributed by atoms with Crippen molar-refractivity contribution in [2.24, 2.45) is 0 Å². The van der Waals surface area contributed by atoms with E-state index in [0.29, 0.717) is 0 Å². The molecule has 0 fully saturated rings. The Balaban J connectivity index is 1.85. The highest BCUT2D eigenvalue weighted by Crippen LogP contribution is 2.33. The maximum Gasteiger partial charge on any atom is 0.157 e. The van der Waals surface area contributed by atoms with Gasteiger partial charge < -0.3 is 5.32 Å². The zero-order valence-electron chi connectivity index (χ0n) is 10.5. The number of pyridine rings is 1. The molecule has 96 valence electrons. The van der Waals surface area contributed by atoms with E-state index in [-0.39, 0.29) is 0 Å². The quantitative estimate of drug-likeness (QED) is 0.777. The summed E-state index contributed by atoms with van der Waals surface area (Å²) in [5.74, 6) is 0.911. The Morgan fingerprint density at radius 1 is 1.11 bits per heavy atom. The van der Waals surface area contributed by atoms with Crippen molar-refractivity contribution in [1.82, 2.24) is 9.97 Å². The smallest absolute Gasteiger partial charge is 0.157 e. The molecule has 0 aliphatic carbocycles. The van der Waals surface area contributed by atoms with Crippen LogP contribution in [0.1, 0.15) is 6.92 Å². The molecule has 3 aromatic rings. The van der Waals surface area contributed by atoms with Gasteiger partial charge in [0.2, 0.25) is 0 Å². The van der Waals surface area contributed by atoms with Crippen molar-refractivity contribution in [2.45, 2.75) is 16.3 Å². The van der Waals surface area contributed by atoms with Gasteiger partial charge in [0, 0.05) is 6.54 Å².